The highest BCUT2D eigenvalue weighted by Crippen LogP contribution is 2.21. The number of aliphatic imine (C=N–C) groups is 1. The highest BCUT2D eigenvalue weighted by atomic mass is 127. The van der Waals surface area contributed by atoms with Crippen LogP contribution in [-0.2, 0) is 0 Å². The molecule has 0 aliphatic rings. The van der Waals surface area contributed by atoms with Gasteiger partial charge in [0.05, 0.1) is 12.0 Å². The average Bonchev–Trinajstić information content (AvgIpc) is 3.27. The lowest BCUT2D eigenvalue weighted by Gasteiger charge is -2.15. The van der Waals surface area contributed by atoms with E-state index in [4.69, 9.17) is 4.74 Å². The van der Waals surface area contributed by atoms with E-state index in [9.17, 15) is 4.79 Å². The van der Waals surface area contributed by atoms with Gasteiger partial charge < -0.3 is 20.7 Å². The second-order valence-corrected chi connectivity index (χ2v) is 7.42. The van der Waals surface area contributed by atoms with Crippen molar-refractivity contribution in [1.29, 1.82) is 0 Å². The Morgan fingerprint density at radius 2 is 1.79 bits per heavy atom. The van der Waals surface area contributed by atoms with Gasteiger partial charge in [0.2, 0.25) is 0 Å². The monoisotopic (exact) mass is 530 g/mol. The van der Waals surface area contributed by atoms with Crippen LogP contribution in [-0.4, -0.2) is 45.7 Å². The molecule has 160 valence electrons. The molecule has 29 heavy (non-hydrogen) atoms. The summed E-state index contributed by atoms with van der Waals surface area (Å²) in [5.41, 5.74) is 1.30. The summed E-state index contributed by atoms with van der Waals surface area (Å²) in [6.07, 6.45) is 1.84. The van der Waals surface area contributed by atoms with Crippen LogP contribution >= 0.6 is 35.3 Å². The Hall–Kier alpha value is -1.81. The number of hydrogen-bond donors (Lipinski definition) is 3. The molecule has 0 saturated carbocycles. The van der Waals surface area contributed by atoms with Crippen molar-refractivity contribution in [1.82, 2.24) is 16.0 Å². The molecule has 0 bridgehead atoms. The highest BCUT2D eigenvalue weighted by Gasteiger charge is 2.07. The van der Waals surface area contributed by atoms with Crippen molar-refractivity contribution in [3.63, 3.8) is 0 Å². The Balaban J connectivity index is 0.00000420. The van der Waals surface area contributed by atoms with Crippen LogP contribution < -0.4 is 20.7 Å². The van der Waals surface area contributed by atoms with Crippen LogP contribution in [0.3, 0.4) is 0 Å². The molecule has 6 nitrogen and oxygen atoms in total. The lowest BCUT2D eigenvalue weighted by Crippen LogP contribution is -2.39. The first-order valence-corrected chi connectivity index (χ1v) is 10.4. The van der Waals surface area contributed by atoms with Crippen LogP contribution in [0.1, 0.15) is 40.9 Å². The Morgan fingerprint density at radius 1 is 1.10 bits per heavy atom. The molecule has 1 atom stereocenters. The van der Waals surface area contributed by atoms with Crippen molar-refractivity contribution < 1.29 is 9.53 Å². The first-order valence-electron chi connectivity index (χ1n) is 9.54. The van der Waals surface area contributed by atoms with E-state index in [1.54, 1.807) is 14.2 Å². The number of thiophene rings is 1. The quantitative estimate of drug-likeness (QED) is 0.189. The molecule has 8 heteroatoms. The molecule has 0 spiro atoms. The van der Waals surface area contributed by atoms with Crippen molar-refractivity contribution in [2.24, 2.45) is 4.99 Å². The van der Waals surface area contributed by atoms with E-state index in [-0.39, 0.29) is 29.9 Å². The predicted molar refractivity (Wildman–Crippen MR) is 132 cm³/mol. The molecule has 1 heterocycles. The Morgan fingerprint density at radius 3 is 2.41 bits per heavy atom. The number of carbonyl (C=O) groups excluding carboxylic acids is 1. The number of nitrogens with one attached hydrogen (secondary N) is 3. The van der Waals surface area contributed by atoms with Gasteiger partial charge in [-0.05, 0) is 47.9 Å². The number of rotatable bonds is 10. The molecule has 0 fully saturated rings. The number of methoxy groups -OCH3 is 1. The lowest BCUT2D eigenvalue weighted by molar-refractivity contribution is 0.0957. The SMILES string of the molecule is CN=C(NCCCNC(=O)c1cccs1)NCCC(C)c1ccc(OC)cc1.I. The maximum Gasteiger partial charge on any atom is 0.261 e. The summed E-state index contributed by atoms with van der Waals surface area (Å²) in [7, 11) is 3.44. The number of hydrogen-bond acceptors (Lipinski definition) is 4. The average molecular weight is 530 g/mol. The fourth-order valence-electron chi connectivity index (χ4n) is 2.72. The van der Waals surface area contributed by atoms with Gasteiger partial charge in [-0.2, -0.15) is 0 Å². The summed E-state index contributed by atoms with van der Waals surface area (Å²) in [6.45, 7) is 4.44. The summed E-state index contributed by atoms with van der Waals surface area (Å²) in [5, 5.41) is 11.5. The molecule has 1 aromatic carbocycles. The number of benzene rings is 1. The van der Waals surface area contributed by atoms with Gasteiger partial charge >= 0.3 is 0 Å². The Kier molecular flexibility index (Phi) is 12.4. The second-order valence-electron chi connectivity index (χ2n) is 6.48. The van der Waals surface area contributed by atoms with E-state index < -0.39 is 0 Å². The maximum absolute atomic E-state index is 11.9. The third-order valence-corrected chi connectivity index (χ3v) is 5.32. The number of amides is 1. The van der Waals surface area contributed by atoms with Crippen molar-refractivity contribution in [3.8, 4) is 5.75 Å². The first kappa shape index (κ1) is 25.2. The molecule has 1 aromatic heterocycles. The molecule has 1 amide bonds. The van der Waals surface area contributed by atoms with E-state index in [2.05, 4.69) is 40.0 Å². The summed E-state index contributed by atoms with van der Waals surface area (Å²) in [6, 6.07) is 11.9. The fraction of sp³-hybridized carbons (Fsp3) is 0.429. The zero-order chi connectivity index (χ0) is 20.2. The Labute approximate surface area is 194 Å². The van der Waals surface area contributed by atoms with E-state index in [1.165, 1.54) is 16.9 Å². The lowest BCUT2D eigenvalue weighted by atomic mass is 9.98. The highest BCUT2D eigenvalue weighted by molar-refractivity contribution is 14.0. The van der Waals surface area contributed by atoms with Gasteiger partial charge in [0.15, 0.2) is 5.96 Å². The Bertz CT molecular complexity index is 736. The molecule has 0 aliphatic heterocycles. The number of guanidine groups is 1. The maximum atomic E-state index is 11.9. The number of ether oxygens (including phenoxy) is 1. The van der Waals surface area contributed by atoms with E-state index in [1.807, 2.05) is 29.6 Å². The van der Waals surface area contributed by atoms with E-state index in [0.29, 0.717) is 12.5 Å². The van der Waals surface area contributed by atoms with Gasteiger partial charge in [-0.15, -0.1) is 35.3 Å². The van der Waals surface area contributed by atoms with Gasteiger partial charge in [0, 0.05) is 26.7 Å². The van der Waals surface area contributed by atoms with Gasteiger partial charge in [0.1, 0.15) is 5.75 Å². The standard InChI is InChI=1S/C21H30N4O2S.HI/c1-16(17-7-9-18(27-3)10-8-17)11-14-25-21(22-2)24-13-5-12-23-20(26)19-6-4-15-28-19;/h4,6-10,15-16H,5,11-14H2,1-3H3,(H,23,26)(H2,22,24,25);1H. The first-order chi connectivity index (χ1) is 13.6. The third kappa shape index (κ3) is 9.03. The summed E-state index contributed by atoms with van der Waals surface area (Å²) in [4.78, 5) is 16.8. The van der Waals surface area contributed by atoms with E-state index in [0.717, 1.165) is 42.5 Å². The van der Waals surface area contributed by atoms with E-state index >= 15 is 0 Å². The van der Waals surface area contributed by atoms with Gasteiger partial charge in [-0.1, -0.05) is 25.1 Å². The van der Waals surface area contributed by atoms with Crippen molar-refractivity contribution >= 4 is 47.2 Å². The normalized spacial score (nSPS) is 11.9. The predicted octanol–water partition coefficient (Wildman–Crippen LogP) is 3.85. The summed E-state index contributed by atoms with van der Waals surface area (Å²) < 4.78 is 5.20. The topological polar surface area (TPSA) is 74.8 Å². The minimum absolute atomic E-state index is 0. The fourth-order valence-corrected chi connectivity index (χ4v) is 3.36. The number of halogens is 1. The zero-order valence-corrected chi connectivity index (χ0v) is 20.4. The summed E-state index contributed by atoms with van der Waals surface area (Å²) in [5.74, 6) is 2.10. The molecule has 0 aliphatic carbocycles. The third-order valence-electron chi connectivity index (χ3n) is 4.45. The van der Waals surface area contributed by atoms with Crippen LogP contribution in [0.25, 0.3) is 0 Å². The summed E-state index contributed by atoms with van der Waals surface area (Å²) >= 11 is 1.45. The van der Waals surface area contributed by atoms with Crippen LogP contribution in [0.15, 0.2) is 46.8 Å². The van der Waals surface area contributed by atoms with Crippen LogP contribution in [0.4, 0.5) is 0 Å². The molecule has 2 rings (SSSR count). The van der Waals surface area contributed by atoms with Crippen LogP contribution in [0.2, 0.25) is 0 Å². The second kappa shape index (κ2) is 14.2. The van der Waals surface area contributed by atoms with Gasteiger partial charge in [-0.3, -0.25) is 9.79 Å². The van der Waals surface area contributed by atoms with Crippen LogP contribution in [0.5, 0.6) is 5.75 Å². The smallest absolute Gasteiger partial charge is 0.261 e. The molecule has 2 aromatic rings. The number of carbonyl (C=O) groups is 1. The van der Waals surface area contributed by atoms with Gasteiger partial charge in [0.25, 0.3) is 5.91 Å². The largest absolute Gasteiger partial charge is 0.497 e. The minimum Gasteiger partial charge on any atom is -0.497 e. The van der Waals surface area contributed by atoms with Crippen LogP contribution in [0, 0.1) is 0 Å². The molecule has 0 radical (unpaired) electrons. The molecule has 0 saturated heterocycles. The van der Waals surface area contributed by atoms with Crippen molar-refractivity contribution in [3.05, 3.63) is 52.2 Å². The zero-order valence-electron chi connectivity index (χ0n) is 17.2. The minimum atomic E-state index is -0.00923. The van der Waals surface area contributed by atoms with Crippen molar-refractivity contribution in [2.75, 3.05) is 33.8 Å². The molecule has 3 N–H and O–H groups in total. The molecule has 1 unspecified atom stereocenters. The van der Waals surface area contributed by atoms with Crippen molar-refractivity contribution in [2.45, 2.75) is 25.7 Å². The molecular formula is C21H31IN4O2S. The van der Waals surface area contributed by atoms with Gasteiger partial charge in [-0.25, -0.2) is 0 Å². The molecular weight excluding hydrogens is 499 g/mol. The number of nitrogens with zero attached hydrogens (tertiary/aromatic N) is 1.